The van der Waals surface area contributed by atoms with Crippen molar-refractivity contribution in [2.24, 2.45) is 11.8 Å². The number of amides is 2. The van der Waals surface area contributed by atoms with Crippen LogP contribution in [0.5, 0.6) is 0 Å². The molecule has 0 spiro atoms. The van der Waals surface area contributed by atoms with Gasteiger partial charge in [0.05, 0.1) is 12.2 Å². The number of aromatic nitrogens is 1. The Kier molecular flexibility index (Phi) is 5.92. The van der Waals surface area contributed by atoms with Crippen LogP contribution in [0.4, 0.5) is 0 Å². The molecule has 1 N–H and O–H groups in total. The maximum absolute atomic E-state index is 12.2. The molecule has 5 nitrogen and oxygen atoms in total. The SMILES string of the molecule is CC(C)CC(=O)N1CCC(C(=O)NCc2ccccn2)CC1. The van der Waals surface area contributed by atoms with Gasteiger partial charge >= 0.3 is 0 Å². The van der Waals surface area contributed by atoms with Crippen molar-refractivity contribution in [3.8, 4) is 0 Å². The molecule has 1 saturated heterocycles. The highest BCUT2D eigenvalue weighted by Gasteiger charge is 2.27. The van der Waals surface area contributed by atoms with Crippen molar-refractivity contribution in [3.63, 3.8) is 0 Å². The zero-order valence-electron chi connectivity index (χ0n) is 13.4. The molecule has 0 aromatic carbocycles. The molecular weight excluding hydrogens is 278 g/mol. The monoisotopic (exact) mass is 303 g/mol. The number of carbonyl (C=O) groups excluding carboxylic acids is 2. The van der Waals surface area contributed by atoms with Gasteiger partial charge in [0.15, 0.2) is 0 Å². The molecule has 1 aliphatic heterocycles. The number of likely N-dealkylation sites (tertiary alicyclic amines) is 1. The molecule has 1 fully saturated rings. The second kappa shape index (κ2) is 7.92. The van der Waals surface area contributed by atoms with E-state index < -0.39 is 0 Å². The fourth-order valence-electron chi connectivity index (χ4n) is 2.69. The Morgan fingerprint density at radius 1 is 1.32 bits per heavy atom. The highest BCUT2D eigenvalue weighted by molar-refractivity contribution is 5.80. The molecule has 2 amide bonds. The first kappa shape index (κ1) is 16.5. The Morgan fingerprint density at radius 2 is 2.05 bits per heavy atom. The van der Waals surface area contributed by atoms with E-state index in [0.717, 1.165) is 18.5 Å². The topological polar surface area (TPSA) is 62.3 Å². The van der Waals surface area contributed by atoms with Gasteiger partial charge < -0.3 is 10.2 Å². The highest BCUT2D eigenvalue weighted by atomic mass is 16.2. The standard InChI is InChI=1S/C17H25N3O2/c1-13(2)11-16(21)20-9-6-14(7-10-20)17(22)19-12-15-5-3-4-8-18-15/h3-5,8,13-14H,6-7,9-12H2,1-2H3,(H,19,22). The second-order valence-corrected chi connectivity index (χ2v) is 6.29. The molecule has 0 bridgehead atoms. The van der Waals surface area contributed by atoms with Gasteiger partial charge in [0.25, 0.3) is 0 Å². The Morgan fingerprint density at radius 3 is 2.64 bits per heavy atom. The maximum Gasteiger partial charge on any atom is 0.223 e. The largest absolute Gasteiger partial charge is 0.350 e. The lowest BCUT2D eigenvalue weighted by atomic mass is 9.95. The number of pyridine rings is 1. The fourth-order valence-corrected chi connectivity index (χ4v) is 2.69. The van der Waals surface area contributed by atoms with Crippen LogP contribution in [-0.2, 0) is 16.1 Å². The summed E-state index contributed by atoms with van der Waals surface area (Å²) in [6.07, 6.45) is 3.81. The van der Waals surface area contributed by atoms with E-state index in [1.54, 1.807) is 6.20 Å². The Bertz CT molecular complexity index is 494. The summed E-state index contributed by atoms with van der Waals surface area (Å²) < 4.78 is 0. The van der Waals surface area contributed by atoms with Gasteiger partial charge in [0.1, 0.15) is 0 Å². The number of piperidine rings is 1. The molecule has 1 aliphatic rings. The zero-order chi connectivity index (χ0) is 15.9. The number of hydrogen-bond donors (Lipinski definition) is 1. The maximum atomic E-state index is 12.2. The predicted molar refractivity (Wildman–Crippen MR) is 84.8 cm³/mol. The minimum atomic E-state index is 0.00631. The normalized spacial score (nSPS) is 15.9. The number of rotatable bonds is 5. The average molecular weight is 303 g/mol. The minimum absolute atomic E-state index is 0.00631. The average Bonchev–Trinajstić information content (AvgIpc) is 2.53. The van der Waals surface area contributed by atoms with E-state index in [4.69, 9.17) is 0 Å². The van der Waals surface area contributed by atoms with Crippen LogP contribution >= 0.6 is 0 Å². The van der Waals surface area contributed by atoms with Crippen molar-refractivity contribution >= 4 is 11.8 Å². The number of nitrogens with zero attached hydrogens (tertiary/aromatic N) is 2. The van der Waals surface area contributed by atoms with Gasteiger partial charge in [0.2, 0.25) is 11.8 Å². The number of nitrogens with one attached hydrogen (secondary N) is 1. The Labute approximate surface area is 132 Å². The van der Waals surface area contributed by atoms with Crippen LogP contribution in [0.2, 0.25) is 0 Å². The van der Waals surface area contributed by atoms with Gasteiger partial charge in [-0.15, -0.1) is 0 Å². The van der Waals surface area contributed by atoms with E-state index in [0.29, 0.717) is 32.0 Å². The molecule has 2 heterocycles. The van der Waals surface area contributed by atoms with Gasteiger partial charge in [-0.1, -0.05) is 19.9 Å². The third kappa shape index (κ3) is 4.83. The summed E-state index contributed by atoms with van der Waals surface area (Å²) in [4.78, 5) is 30.3. The molecule has 0 unspecified atom stereocenters. The first-order valence-electron chi connectivity index (χ1n) is 8.01. The van der Waals surface area contributed by atoms with E-state index in [-0.39, 0.29) is 17.7 Å². The van der Waals surface area contributed by atoms with Crippen molar-refractivity contribution in [3.05, 3.63) is 30.1 Å². The van der Waals surface area contributed by atoms with Gasteiger partial charge in [-0.3, -0.25) is 14.6 Å². The van der Waals surface area contributed by atoms with Crippen LogP contribution in [0.1, 0.15) is 38.8 Å². The summed E-state index contributed by atoms with van der Waals surface area (Å²) >= 11 is 0. The van der Waals surface area contributed by atoms with E-state index in [2.05, 4.69) is 24.1 Å². The summed E-state index contributed by atoms with van der Waals surface area (Å²) in [5.74, 6) is 0.669. The molecule has 22 heavy (non-hydrogen) atoms. The summed E-state index contributed by atoms with van der Waals surface area (Å²) in [7, 11) is 0. The van der Waals surface area contributed by atoms with Crippen LogP contribution in [0.25, 0.3) is 0 Å². The molecular formula is C17H25N3O2. The van der Waals surface area contributed by atoms with E-state index in [1.807, 2.05) is 23.1 Å². The van der Waals surface area contributed by atoms with Crippen LogP contribution in [0.15, 0.2) is 24.4 Å². The van der Waals surface area contributed by atoms with Gasteiger partial charge in [-0.2, -0.15) is 0 Å². The molecule has 0 atom stereocenters. The Hall–Kier alpha value is -1.91. The molecule has 0 aliphatic carbocycles. The first-order chi connectivity index (χ1) is 10.6. The van der Waals surface area contributed by atoms with E-state index in [1.165, 1.54) is 0 Å². The zero-order valence-corrected chi connectivity index (χ0v) is 13.4. The molecule has 0 radical (unpaired) electrons. The van der Waals surface area contributed by atoms with Crippen molar-refractivity contribution in [1.82, 2.24) is 15.2 Å². The van der Waals surface area contributed by atoms with Crippen LogP contribution in [0.3, 0.4) is 0 Å². The summed E-state index contributed by atoms with van der Waals surface area (Å²) in [5.41, 5.74) is 0.861. The minimum Gasteiger partial charge on any atom is -0.350 e. The van der Waals surface area contributed by atoms with Gasteiger partial charge in [-0.05, 0) is 30.9 Å². The Balaban J connectivity index is 1.74. The molecule has 5 heteroatoms. The third-order valence-electron chi connectivity index (χ3n) is 3.97. The molecule has 1 aromatic rings. The van der Waals surface area contributed by atoms with Crippen molar-refractivity contribution in [2.75, 3.05) is 13.1 Å². The fraction of sp³-hybridized carbons (Fsp3) is 0.588. The summed E-state index contributed by atoms with van der Waals surface area (Å²) in [6.45, 7) is 5.94. The molecule has 120 valence electrons. The van der Waals surface area contributed by atoms with Gasteiger partial charge in [-0.25, -0.2) is 0 Å². The number of hydrogen-bond acceptors (Lipinski definition) is 3. The lowest BCUT2D eigenvalue weighted by Gasteiger charge is -2.31. The predicted octanol–water partition coefficient (Wildman–Crippen LogP) is 1.98. The lowest BCUT2D eigenvalue weighted by molar-refractivity contribution is -0.136. The first-order valence-corrected chi connectivity index (χ1v) is 8.01. The highest BCUT2D eigenvalue weighted by Crippen LogP contribution is 2.19. The summed E-state index contributed by atoms with van der Waals surface area (Å²) in [6, 6.07) is 5.66. The smallest absolute Gasteiger partial charge is 0.223 e. The van der Waals surface area contributed by atoms with Crippen molar-refractivity contribution in [1.29, 1.82) is 0 Å². The van der Waals surface area contributed by atoms with Crippen LogP contribution in [0, 0.1) is 11.8 Å². The lowest BCUT2D eigenvalue weighted by Crippen LogP contribution is -2.43. The summed E-state index contributed by atoms with van der Waals surface area (Å²) in [5, 5.41) is 2.94. The number of carbonyl (C=O) groups is 2. The van der Waals surface area contributed by atoms with Crippen molar-refractivity contribution in [2.45, 2.75) is 39.7 Å². The van der Waals surface area contributed by atoms with Crippen LogP contribution < -0.4 is 5.32 Å². The molecule has 0 saturated carbocycles. The molecule has 1 aromatic heterocycles. The molecule has 2 rings (SSSR count). The van der Waals surface area contributed by atoms with E-state index >= 15 is 0 Å². The van der Waals surface area contributed by atoms with E-state index in [9.17, 15) is 9.59 Å². The van der Waals surface area contributed by atoms with Crippen LogP contribution in [-0.4, -0.2) is 34.8 Å². The third-order valence-corrected chi connectivity index (χ3v) is 3.97. The van der Waals surface area contributed by atoms with Crippen molar-refractivity contribution < 1.29 is 9.59 Å². The van der Waals surface area contributed by atoms with Gasteiger partial charge in [0, 0.05) is 31.6 Å². The quantitative estimate of drug-likeness (QED) is 0.905. The second-order valence-electron chi connectivity index (χ2n) is 6.29.